The first-order valence-corrected chi connectivity index (χ1v) is 9.03. The van der Waals surface area contributed by atoms with Crippen LogP contribution in [0.5, 0.6) is 5.75 Å². The predicted molar refractivity (Wildman–Crippen MR) is 105 cm³/mol. The van der Waals surface area contributed by atoms with Crippen molar-refractivity contribution in [3.05, 3.63) is 59.1 Å². The highest BCUT2D eigenvalue weighted by Crippen LogP contribution is 2.33. The van der Waals surface area contributed by atoms with Gasteiger partial charge in [-0.1, -0.05) is 54.9 Å². The number of ether oxygens (including phenoxy) is 2. The average molecular weight is 377 g/mol. The molecular formula is C20H25ClN2O3. The zero-order valence-corrected chi connectivity index (χ0v) is 16.0. The molecule has 1 N–H and O–H groups in total. The molecule has 2 aromatic rings. The van der Waals surface area contributed by atoms with E-state index < -0.39 is 0 Å². The van der Waals surface area contributed by atoms with E-state index in [9.17, 15) is 4.79 Å². The molecule has 2 aromatic carbocycles. The lowest BCUT2D eigenvalue weighted by atomic mass is 10.2. The van der Waals surface area contributed by atoms with Gasteiger partial charge in [0.1, 0.15) is 6.61 Å². The minimum Gasteiger partial charge on any atom is -0.487 e. The number of nitrogens with one attached hydrogen (secondary N) is 1. The van der Waals surface area contributed by atoms with Gasteiger partial charge in [-0.2, -0.15) is 0 Å². The van der Waals surface area contributed by atoms with Crippen molar-refractivity contribution >= 4 is 23.3 Å². The van der Waals surface area contributed by atoms with Crippen molar-refractivity contribution in [3.8, 4) is 5.75 Å². The number of hydrogen-bond acceptors (Lipinski definition) is 3. The van der Waals surface area contributed by atoms with Crippen LogP contribution in [0.3, 0.4) is 0 Å². The smallest absolute Gasteiger partial charge is 0.322 e. The number of halogens is 1. The molecule has 0 saturated heterocycles. The van der Waals surface area contributed by atoms with Crippen molar-refractivity contribution < 1.29 is 14.3 Å². The first-order chi connectivity index (χ1) is 12.7. The molecule has 0 aliphatic heterocycles. The van der Waals surface area contributed by atoms with Crippen LogP contribution in [0.1, 0.15) is 18.9 Å². The summed E-state index contributed by atoms with van der Waals surface area (Å²) in [6.45, 7) is 4.03. The highest BCUT2D eigenvalue weighted by atomic mass is 35.5. The van der Waals surface area contributed by atoms with Gasteiger partial charge >= 0.3 is 6.03 Å². The van der Waals surface area contributed by atoms with Gasteiger partial charge in [0.2, 0.25) is 0 Å². The Balaban J connectivity index is 2.11. The zero-order chi connectivity index (χ0) is 18.8. The first kappa shape index (κ1) is 20.1. The number of carbonyl (C=O) groups is 1. The lowest BCUT2D eigenvalue weighted by Gasteiger charge is -2.23. The summed E-state index contributed by atoms with van der Waals surface area (Å²) in [5.41, 5.74) is 1.63. The summed E-state index contributed by atoms with van der Waals surface area (Å²) >= 11 is 6.23. The quantitative estimate of drug-likeness (QED) is 0.639. The standard InChI is InChI=1S/C20H25ClN2O3/c1-3-12-23(15-16-8-5-4-6-9-16)20(24)22-18-11-7-10-17(21)19(18)26-14-13-25-2/h4-11H,3,12-15H2,1-2H3,(H,22,24). The fourth-order valence-electron chi connectivity index (χ4n) is 2.50. The van der Waals surface area contributed by atoms with E-state index in [0.29, 0.717) is 42.8 Å². The van der Waals surface area contributed by atoms with Crippen LogP contribution in [0.2, 0.25) is 5.02 Å². The molecular weight excluding hydrogens is 352 g/mol. The van der Waals surface area contributed by atoms with Crippen LogP contribution >= 0.6 is 11.6 Å². The normalized spacial score (nSPS) is 10.4. The largest absolute Gasteiger partial charge is 0.487 e. The summed E-state index contributed by atoms with van der Waals surface area (Å²) in [6, 6.07) is 15.0. The van der Waals surface area contributed by atoms with Crippen molar-refractivity contribution in [2.45, 2.75) is 19.9 Å². The molecule has 0 saturated carbocycles. The maximum Gasteiger partial charge on any atom is 0.322 e. The molecule has 0 spiro atoms. The second-order valence-corrected chi connectivity index (χ2v) is 6.20. The van der Waals surface area contributed by atoms with E-state index in [1.54, 1.807) is 30.2 Å². The van der Waals surface area contributed by atoms with Gasteiger partial charge in [0.15, 0.2) is 5.75 Å². The number of benzene rings is 2. The van der Waals surface area contributed by atoms with Gasteiger partial charge in [-0.15, -0.1) is 0 Å². The maximum absolute atomic E-state index is 12.8. The van der Waals surface area contributed by atoms with Crippen molar-refractivity contribution in [1.29, 1.82) is 0 Å². The van der Waals surface area contributed by atoms with E-state index in [0.717, 1.165) is 12.0 Å². The number of methoxy groups -OCH3 is 1. The van der Waals surface area contributed by atoms with Crippen LogP contribution < -0.4 is 10.1 Å². The van der Waals surface area contributed by atoms with Crippen LogP contribution in [-0.4, -0.2) is 37.8 Å². The summed E-state index contributed by atoms with van der Waals surface area (Å²) in [5, 5.41) is 3.37. The molecule has 140 valence electrons. The van der Waals surface area contributed by atoms with E-state index in [1.165, 1.54) is 0 Å². The average Bonchev–Trinajstić information content (AvgIpc) is 2.64. The van der Waals surface area contributed by atoms with Crippen LogP contribution in [0.25, 0.3) is 0 Å². The summed E-state index contributed by atoms with van der Waals surface area (Å²) in [6.07, 6.45) is 0.868. The SMILES string of the molecule is CCCN(Cc1ccccc1)C(=O)Nc1cccc(Cl)c1OCCOC. The third-order valence-electron chi connectivity index (χ3n) is 3.74. The lowest BCUT2D eigenvalue weighted by molar-refractivity contribution is 0.146. The number of para-hydroxylation sites is 1. The maximum atomic E-state index is 12.8. The van der Waals surface area contributed by atoms with E-state index in [2.05, 4.69) is 5.32 Å². The van der Waals surface area contributed by atoms with E-state index >= 15 is 0 Å². The summed E-state index contributed by atoms with van der Waals surface area (Å²) < 4.78 is 10.7. The highest BCUT2D eigenvalue weighted by molar-refractivity contribution is 6.32. The number of anilines is 1. The molecule has 0 heterocycles. The monoisotopic (exact) mass is 376 g/mol. The molecule has 0 aliphatic rings. The fraction of sp³-hybridized carbons (Fsp3) is 0.350. The molecule has 0 radical (unpaired) electrons. The minimum absolute atomic E-state index is 0.186. The van der Waals surface area contributed by atoms with Crippen molar-refractivity contribution in [2.75, 3.05) is 32.2 Å². The Kier molecular flexibility index (Phi) is 8.25. The minimum atomic E-state index is -0.186. The van der Waals surface area contributed by atoms with E-state index in [1.807, 2.05) is 37.3 Å². The molecule has 2 rings (SSSR count). The van der Waals surface area contributed by atoms with Crippen molar-refractivity contribution in [1.82, 2.24) is 4.90 Å². The fourth-order valence-corrected chi connectivity index (χ4v) is 2.73. The Morgan fingerprint density at radius 1 is 1.12 bits per heavy atom. The third kappa shape index (κ3) is 5.93. The number of nitrogens with zero attached hydrogens (tertiary/aromatic N) is 1. The molecule has 6 heteroatoms. The molecule has 26 heavy (non-hydrogen) atoms. The molecule has 0 unspecified atom stereocenters. The topological polar surface area (TPSA) is 50.8 Å². The van der Waals surface area contributed by atoms with Gasteiger partial charge in [0.05, 0.1) is 17.3 Å². The van der Waals surface area contributed by atoms with Gasteiger partial charge in [0.25, 0.3) is 0 Å². The third-order valence-corrected chi connectivity index (χ3v) is 4.04. The van der Waals surface area contributed by atoms with Crippen LogP contribution in [-0.2, 0) is 11.3 Å². The second kappa shape index (κ2) is 10.7. The summed E-state index contributed by atoms with van der Waals surface area (Å²) in [7, 11) is 1.60. The van der Waals surface area contributed by atoms with E-state index in [-0.39, 0.29) is 6.03 Å². The lowest BCUT2D eigenvalue weighted by Crippen LogP contribution is -2.35. The van der Waals surface area contributed by atoms with Crippen molar-refractivity contribution in [2.24, 2.45) is 0 Å². The van der Waals surface area contributed by atoms with Gasteiger partial charge in [-0.3, -0.25) is 0 Å². The van der Waals surface area contributed by atoms with Gasteiger partial charge in [0, 0.05) is 20.2 Å². The van der Waals surface area contributed by atoms with Crippen LogP contribution in [0.15, 0.2) is 48.5 Å². The number of rotatable bonds is 9. The number of carbonyl (C=O) groups excluding carboxylic acids is 1. The molecule has 0 fully saturated rings. The molecule has 5 nitrogen and oxygen atoms in total. The Hall–Kier alpha value is -2.24. The molecule has 2 amide bonds. The van der Waals surface area contributed by atoms with Gasteiger partial charge in [-0.05, 0) is 24.1 Å². The Morgan fingerprint density at radius 3 is 2.58 bits per heavy atom. The molecule has 0 atom stereocenters. The molecule has 0 aromatic heterocycles. The number of hydrogen-bond donors (Lipinski definition) is 1. The number of amides is 2. The summed E-state index contributed by atoms with van der Waals surface area (Å²) in [5.74, 6) is 0.454. The van der Waals surface area contributed by atoms with E-state index in [4.69, 9.17) is 21.1 Å². The predicted octanol–water partition coefficient (Wildman–Crippen LogP) is 4.81. The Bertz CT molecular complexity index is 695. The summed E-state index contributed by atoms with van der Waals surface area (Å²) in [4.78, 5) is 14.6. The van der Waals surface area contributed by atoms with Crippen LogP contribution in [0, 0.1) is 0 Å². The zero-order valence-electron chi connectivity index (χ0n) is 15.2. The molecule has 0 aliphatic carbocycles. The molecule has 0 bridgehead atoms. The van der Waals surface area contributed by atoms with Crippen molar-refractivity contribution in [3.63, 3.8) is 0 Å². The number of urea groups is 1. The Morgan fingerprint density at radius 2 is 1.88 bits per heavy atom. The first-order valence-electron chi connectivity index (χ1n) is 8.65. The van der Waals surface area contributed by atoms with Crippen LogP contribution in [0.4, 0.5) is 10.5 Å². The van der Waals surface area contributed by atoms with Gasteiger partial charge in [-0.25, -0.2) is 4.79 Å². The highest BCUT2D eigenvalue weighted by Gasteiger charge is 2.17. The Labute approximate surface area is 159 Å². The van der Waals surface area contributed by atoms with Gasteiger partial charge < -0.3 is 19.7 Å². The second-order valence-electron chi connectivity index (χ2n) is 5.80.